The lowest BCUT2D eigenvalue weighted by atomic mass is 9.73. The average Bonchev–Trinajstić information content (AvgIpc) is 2.88. The lowest BCUT2D eigenvalue weighted by molar-refractivity contribution is -0.385. The Bertz CT molecular complexity index is 1440. The number of carbonyl (C=O) groups excluding carboxylic acids is 2. The molecule has 0 amide bonds. The zero-order valence-corrected chi connectivity index (χ0v) is 22.1. The largest absolute Gasteiger partial charge is 0.493 e. The Kier molecular flexibility index (Phi) is 7.00. The van der Waals surface area contributed by atoms with Crippen LogP contribution >= 0.6 is 15.9 Å². The van der Waals surface area contributed by atoms with Crippen LogP contribution in [-0.2, 0) is 20.5 Å². The zero-order chi connectivity index (χ0) is 28.1. The molecule has 0 atom stereocenters. The first-order valence-corrected chi connectivity index (χ1v) is 12.9. The van der Waals surface area contributed by atoms with Crippen LogP contribution in [0.2, 0.25) is 0 Å². The van der Waals surface area contributed by atoms with Crippen molar-refractivity contribution in [1.82, 2.24) is 0 Å². The Labute approximate surface area is 228 Å². The molecule has 2 aliphatic carbocycles. The minimum atomic E-state index is -4.78. The lowest BCUT2D eigenvalue weighted by Gasteiger charge is -2.36. The molecule has 0 unspecified atom stereocenters. The maximum absolute atomic E-state index is 13.1. The predicted molar refractivity (Wildman–Crippen MR) is 134 cm³/mol. The first-order valence-electron chi connectivity index (χ1n) is 12.1. The van der Waals surface area contributed by atoms with Crippen LogP contribution in [0.4, 0.5) is 18.9 Å². The summed E-state index contributed by atoms with van der Waals surface area (Å²) < 4.78 is 56.9. The number of hydrogen-bond donors (Lipinski definition) is 0. The molecule has 0 fully saturated rings. The van der Waals surface area contributed by atoms with Crippen LogP contribution in [-0.4, -0.2) is 23.6 Å². The number of hydrogen-bond acceptors (Lipinski definition) is 7. The number of nitro groups is 1. The molecule has 0 saturated carbocycles. The van der Waals surface area contributed by atoms with Crippen LogP contribution in [0.3, 0.4) is 0 Å². The van der Waals surface area contributed by atoms with Crippen molar-refractivity contribution in [2.75, 3.05) is 7.11 Å². The fraction of sp³-hybridized carbons (Fsp3) is 0.333. The highest BCUT2D eigenvalue weighted by Crippen LogP contribution is 2.51. The number of rotatable bonds is 5. The molecular weight excluding hydrogens is 587 g/mol. The molecule has 12 heteroatoms. The quantitative estimate of drug-likeness (QED) is 0.259. The highest BCUT2D eigenvalue weighted by atomic mass is 79.9. The second kappa shape index (κ2) is 10.1. The maximum atomic E-state index is 13.1. The van der Waals surface area contributed by atoms with Crippen molar-refractivity contribution >= 4 is 33.2 Å². The van der Waals surface area contributed by atoms with Crippen molar-refractivity contribution in [3.63, 3.8) is 0 Å². The van der Waals surface area contributed by atoms with E-state index >= 15 is 0 Å². The number of carbonyl (C=O) groups is 2. The molecule has 0 bridgehead atoms. The monoisotopic (exact) mass is 607 g/mol. The van der Waals surface area contributed by atoms with Crippen LogP contribution in [0.25, 0.3) is 0 Å². The summed E-state index contributed by atoms with van der Waals surface area (Å²) in [5.74, 6) is -0.153. The second-order valence-electron chi connectivity index (χ2n) is 9.34. The van der Waals surface area contributed by atoms with E-state index in [-0.39, 0.29) is 27.5 Å². The van der Waals surface area contributed by atoms with Gasteiger partial charge in [0.25, 0.3) is 0 Å². The molecule has 5 rings (SSSR count). The van der Waals surface area contributed by atoms with E-state index in [1.54, 1.807) is 12.1 Å². The average molecular weight is 608 g/mol. The van der Waals surface area contributed by atoms with Gasteiger partial charge in [-0.2, -0.15) is 13.2 Å². The Hall–Kier alpha value is -3.67. The third kappa shape index (κ3) is 4.93. The molecule has 0 radical (unpaired) electrons. The molecule has 2 aromatic carbocycles. The molecule has 2 aromatic rings. The molecule has 0 saturated heterocycles. The third-order valence-electron chi connectivity index (χ3n) is 6.92. The van der Waals surface area contributed by atoms with E-state index in [0.29, 0.717) is 78.9 Å². The Morgan fingerprint density at radius 1 is 0.974 bits per heavy atom. The van der Waals surface area contributed by atoms with Crippen LogP contribution in [0.1, 0.15) is 55.6 Å². The molecule has 1 heterocycles. The smallest absolute Gasteiger partial charge is 0.416 e. The SMILES string of the molecule is COc1cc(C2C3=C(CCCC3=O)OC3=C2C(=O)CCC3)cc(Br)c1Oc1ccc(C(F)(F)F)cc1[N+](=O)[O-]. The summed E-state index contributed by atoms with van der Waals surface area (Å²) in [6.45, 7) is 0. The van der Waals surface area contributed by atoms with Gasteiger partial charge in [0.2, 0.25) is 5.75 Å². The van der Waals surface area contributed by atoms with E-state index < -0.39 is 34.0 Å². The van der Waals surface area contributed by atoms with Gasteiger partial charge in [0, 0.05) is 48.8 Å². The zero-order valence-electron chi connectivity index (χ0n) is 20.5. The van der Waals surface area contributed by atoms with Gasteiger partial charge in [-0.15, -0.1) is 0 Å². The van der Waals surface area contributed by atoms with Gasteiger partial charge in [0.15, 0.2) is 23.1 Å². The highest BCUT2D eigenvalue weighted by molar-refractivity contribution is 9.10. The van der Waals surface area contributed by atoms with E-state index in [4.69, 9.17) is 14.2 Å². The Morgan fingerprint density at radius 2 is 1.59 bits per heavy atom. The summed E-state index contributed by atoms with van der Waals surface area (Å²) in [6, 6.07) is 5.13. The molecule has 3 aliphatic rings. The molecule has 0 aromatic heterocycles. The molecule has 39 heavy (non-hydrogen) atoms. The van der Waals surface area contributed by atoms with Crippen molar-refractivity contribution in [1.29, 1.82) is 0 Å². The summed E-state index contributed by atoms with van der Waals surface area (Å²) in [5.41, 5.74) is -0.670. The summed E-state index contributed by atoms with van der Waals surface area (Å²) in [7, 11) is 1.33. The third-order valence-corrected chi connectivity index (χ3v) is 7.51. The molecule has 0 N–H and O–H groups in total. The van der Waals surface area contributed by atoms with Crippen LogP contribution in [0.5, 0.6) is 17.2 Å². The summed E-state index contributed by atoms with van der Waals surface area (Å²) in [4.78, 5) is 36.7. The van der Waals surface area contributed by atoms with Gasteiger partial charge in [-0.3, -0.25) is 19.7 Å². The first-order chi connectivity index (χ1) is 18.5. The minimum absolute atomic E-state index is 0.0236. The van der Waals surface area contributed by atoms with Crippen molar-refractivity contribution < 1.29 is 41.9 Å². The van der Waals surface area contributed by atoms with Crippen molar-refractivity contribution in [3.05, 3.63) is 78.7 Å². The van der Waals surface area contributed by atoms with Crippen LogP contribution < -0.4 is 9.47 Å². The molecule has 204 valence electrons. The number of Topliss-reactive ketones (excluding diaryl/α,β-unsaturated/α-hetero) is 2. The molecule has 1 aliphatic heterocycles. The van der Waals surface area contributed by atoms with Gasteiger partial charge >= 0.3 is 11.9 Å². The number of allylic oxidation sites excluding steroid dienone is 4. The Morgan fingerprint density at radius 3 is 2.13 bits per heavy atom. The highest BCUT2D eigenvalue weighted by Gasteiger charge is 2.42. The van der Waals surface area contributed by atoms with E-state index in [9.17, 15) is 32.9 Å². The molecule has 0 spiro atoms. The standard InChI is InChI=1S/C27H21BrF3NO7/c1-37-22-11-13(23-24-17(33)4-2-6-20(24)38-21-7-3-5-18(34)25(21)23)10-15(28)26(22)39-19-9-8-14(27(29,30)31)12-16(19)32(35)36/h8-12,23H,2-7H2,1H3. The van der Waals surface area contributed by atoms with Gasteiger partial charge in [-0.05, 0) is 58.6 Å². The maximum Gasteiger partial charge on any atom is 0.416 e. The van der Waals surface area contributed by atoms with E-state index in [2.05, 4.69) is 15.9 Å². The van der Waals surface area contributed by atoms with Gasteiger partial charge in [0.05, 0.1) is 22.1 Å². The summed E-state index contributed by atoms with van der Waals surface area (Å²) in [5, 5.41) is 11.5. The van der Waals surface area contributed by atoms with E-state index in [0.717, 1.165) is 6.07 Å². The number of ether oxygens (including phenoxy) is 3. The van der Waals surface area contributed by atoms with Gasteiger partial charge < -0.3 is 14.2 Å². The summed E-state index contributed by atoms with van der Waals surface area (Å²) in [6.07, 6.45) is -1.70. The first kappa shape index (κ1) is 26.9. The lowest BCUT2D eigenvalue weighted by Crippen LogP contribution is -2.30. The minimum Gasteiger partial charge on any atom is -0.493 e. The Balaban J connectivity index is 1.61. The fourth-order valence-corrected chi connectivity index (χ4v) is 5.73. The fourth-order valence-electron chi connectivity index (χ4n) is 5.19. The van der Waals surface area contributed by atoms with Gasteiger partial charge in [0.1, 0.15) is 11.5 Å². The number of ketones is 2. The van der Waals surface area contributed by atoms with E-state index in [1.807, 2.05) is 0 Å². The van der Waals surface area contributed by atoms with Crippen molar-refractivity contribution in [3.8, 4) is 17.2 Å². The number of benzene rings is 2. The number of alkyl halides is 3. The normalized spacial score (nSPS) is 18.0. The van der Waals surface area contributed by atoms with Gasteiger partial charge in [-0.25, -0.2) is 0 Å². The second-order valence-corrected chi connectivity index (χ2v) is 10.2. The van der Waals surface area contributed by atoms with Crippen molar-refractivity contribution in [2.24, 2.45) is 0 Å². The van der Waals surface area contributed by atoms with Crippen LogP contribution in [0, 0.1) is 10.1 Å². The number of halogens is 4. The predicted octanol–water partition coefficient (Wildman–Crippen LogP) is 7.31. The van der Waals surface area contributed by atoms with Gasteiger partial charge in [-0.1, -0.05) is 0 Å². The van der Waals surface area contributed by atoms with Crippen molar-refractivity contribution in [2.45, 2.75) is 50.6 Å². The number of nitrogens with zero attached hydrogens (tertiary/aromatic N) is 1. The summed E-state index contributed by atoms with van der Waals surface area (Å²) >= 11 is 3.39. The van der Waals surface area contributed by atoms with Crippen LogP contribution in [0.15, 0.2) is 57.5 Å². The number of methoxy groups -OCH3 is 1. The molecule has 8 nitrogen and oxygen atoms in total. The number of nitro benzene ring substituents is 1. The topological polar surface area (TPSA) is 105 Å². The van der Waals surface area contributed by atoms with E-state index in [1.165, 1.54) is 7.11 Å². The molecular formula is C27H21BrF3NO7.